The molecule has 2 aromatic rings. The third-order valence-corrected chi connectivity index (χ3v) is 3.94. The fraction of sp³-hybridized carbons (Fsp3) is 0.167. The Morgan fingerprint density at radius 2 is 1.89 bits per heavy atom. The van der Waals surface area contributed by atoms with E-state index < -0.39 is 11.9 Å². The predicted octanol–water partition coefficient (Wildman–Crippen LogP) is 4.61. The Kier molecular flexibility index (Phi) is 7.01. The molecule has 0 fully saturated rings. The lowest BCUT2D eigenvalue weighted by molar-refractivity contribution is 0.0697. The molecule has 0 atom stereocenters. The third kappa shape index (κ3) is 5.82. The topological polar surface area (TPSA) is 87.7 Å². The van der Waals surface area contributed by atoms with Crippen LogP contribution in [0.25, 0.3) is 0 Å². The first-order chi connectivity index (χ1) is 12.7. The van der Waals surface area contributed by atoms with Crippen LogP contribution in [0, 0.1) is 0 Å². The number of nitrogens with one attached hydrogen (secondary N) is 2. The van der Waals surface area contributed by atoms with E-state index in [-0.39, 0.29) is 32.5 Å². The summed E-state index contributed by atoms with van der Waals surface area (Å²) in [5.41, 5.74) is 0.199. The van der Waals surface area contributed by atoms with Gasteiger partial charge in [0.1, 0.15) is 5.75 Å². The van der Waals surface area contributed by atoms with Gasteiger partial charge < -0.3 is 15.2 Å². The van der Waals surface area contributed by atoms with Crippen LogP contribution in [0.2, 0.25) is 10.0 Å². The Bertz CT molecular complexity index is 903. The number of amides is 1. The second kappa shape index (κ2) is 9.03. The van der Waals surface area contributed by atoms with E-state index in [2.05, 4.69) is 10.6 Å². The van der Waals surface area contributed by atoms with Crippen LogP contribution in [0.15, 0.2) is 36.4 Å². The van der Waals surface area contributed by atoms with Gasteiger partial charge in [-0.05, 0) is 56.4 Å². The number of anilines is 1. The van der Waals surface area contributed by atoms with Crippen LogP contribution in [0.5, 0.6) is 5.75 Å². The van der Waals surface area contributed by atoms with Crippen molar-refractivity contribution in [2.75, 3.05) is 5.32 Å². The van der Waals surface area contributed by atoms with E-state index in [9.17, 15) is 14.7 Å². The summed E-state index contributed by atoms with van der Waals surface area (Å²) in [7, 11) is 0. The van der Waals surface area contributed by atoms with Gasteiger partial charge in [0.25, 0.3) is 5.91 Å². The van der Waals surface area contributed by atoms with Crippen LogP contribution in [0.3, 0.4) is 0 Å². The van der Waals surface area contributed by atoms with E-state index in [1.54, 1.807) is 24.3 Å². The van der Waals surface area contributed by atoms with Crippen molar-refractivity contribution in [2.24, 2.45) is 0 Å². The molecule has 2 rings (SSSR count). The smallest absolute Gasteiger partial charge is 0.337 e. The number of aromatic carboxylic acids is 1. The van der Waals surface area contributed by atoms with Gasteiger partial charge in [-0.3, -0.25) is 10.1 Å². The number of thiocarbonyl (C=S) groups is 1. The maximum atomic E-state index is 12.4. The van der Waals surface area contributed by atoms with Gasteiger partial charge in [-0.15, -0.1) is 0 Å². The number of ether oxygens (including phenoxy) is 1. The van der Waals surface area contributed by atoms with Crippen molar-refractivity contribution >= 4 is 58.1 Å². The molecule has 0 aromatic heterocycles. The molecule has 0 saturated heterocycles. The molecule has 9 heteroatoms. The molecule has 27 heavy (non-hydrogen) atoms. The number of carboxylic acids is 1. The summed E-state index contributed by atoms with van der Waals surface area (Å²) in [6, 6.07) is 9.20. The zero-order chi connectivity index (χ0) is 20.1. The molecule has 0 spiro atoms. The largest absolute Gasteiger partial charge is 0.491 e. The van der Waals surface area contributed by atoms with Crippen molar-refractivity contribution in [2.45, 2.75) is 20.0 Å². The molecule has 0 aliphatic rings. The molecule has 0 saturated carbocycles. The number of hydrogen-bond acceptors (Lipinski definition) is 4. The maximum absolute atomic E-state index is 12.4. The summed E-state index contributed by atoms with van der Waals surface area (Å²) in [5, 5.41) is 14.5. The minimum absolute atomic E-state index is 0.0347. The summed E-state index contributed by atoms with van der Waals surface area (Å²) < 4.78 is 5.55. The van der Waals surface area contributed by atoms with Crippen LogP contribution in [0.1, 0.15) is 34.6 Å². The lowest BCUT2D eigenvalue weighted by atomic mass is 10.2. The van der Waals surface area contributed by atoms with Crippen molar-refractivity contribution in [3.05, 3.63) is 57.6 Å². The highest BCUT2D eigenvalue weighted by molar-refractivity contribution is 7.80. The minimum atomic E-state index is -1.24. The van der Waals surface area contributed by atoms with E-state index in [1.807, 2.05) is 13.8 Å². The van der Waals surface area contributed by atoms with E-state index in [0.29, 0.717) is 11.3 Å². The van der Waals surface area contributed by atoms with Gasteiger partial charge in [0.05, 0.1) is 22.4 Å². The van der Waals surface area contributed by atoms with Crippen molar-refractivity contribution in [1.82, 2.24) is 5.32 Å². The first-order valence-corrected chi connectivity index (χ1v) is 8.95. The molecule has 0 radical (unpaired) electrons. The highest BCUT2D eigenvalue weighted by Gasteiger charge is 2.17. The molecule has 0 unspecified atom stereocenters. The average molecular weight is 427 g/mol. The molecule has 2 aromatic carbocycles. The molecule has 6 nitrogen and oxygen atoms in total. The van der Waals surface area contributed by atoms with Gasteiger partial charge >= 0.3 is 5.97 Å². The van der Waals surface area contributed by atoms with E-state index >= 15 is 0 Å². The Morgan fingerprint density at radius 3 is 2.52 bits per heavy atom. The molecular weight excluding hydrogens is 411 g/mol. The second-order valence-corrected chi connectivity index (χ2v) is 6.97. The summed E-state index contributed by atoms with van der Waals surface area (Å²) >= 11 is 17.0. The molecule has 0 heterocycles. The summed E-state index contributed by atoms with van der Waals surface area (Å²) in [5.74, 6) is -1.18. The minimum Gasteiger partial charge on any atom is -0.491 e. The molecule has 1 amide bonds. The van der Waals surface area contributed by atoms with Crippen LogP contribution < -0.4 is 15.4 Å². The van der Waals surface area contributed by atoms with Gasteiger partial charge in [0.15, 0.2) is 5.11 Å². The van der Waals surface area contributed by atoms with Gasteiger partial charge in [-0.2, -0.15) is 0 Å². The molecule has 0 bridgehead atoms. The first kappa shape index (κ1) is 21.0. The summed E-state index contributed by atoms with van der Waals surface area (Å²) in [6.07, 6.45) is -0.0347. The molecule has 142 valence electrons. The van der Waals surface area contributed by atoms with Crippen LogP contribution in [-0.4, -0.2) is 28.2 Å². The fourth-order valence-corrected chi connectivity index (χ4v) is 2.91. The lowest BCUT2D eigenvalue weighted by Crippen LogP contribution is -2.34. The van der Waals surface area contributed by atoms with Gasteiger partial charge in [-0.25, -0.2) is 4.79 Å². The first-order valence-electron chi connectivity index (χ1n) is 7.78. The van der Waals surface area contributed by atoms with Crippen LogP contribution in [-0.2, 0) is 0 Å². The Hall–Kier alpha value is -2.35. The van der Waals surface area contributed by atoms with Crippen LogP contribution >= 0.6 is 35.4 Å². The normalized spacial score (nSPS) is 10.4. The van der Waals surface area contributed by atoms with Gasteiger partial charge in [0, 0.05) is 10.6 Å². The number of benzene rings is 2. The SMILES string of the molecule is CC(C)Oc1cccc(C(=O)NC(=S)Nc2c(Cl)cc(Cl)cc2C(=O)O)c1. The zero-order valence-electron chi connectivity index (χ0n) is 14.4. The second-order valence-electron chi connectivity index (χ2n) is 5.72. The lowest BCUT2D eigenvalue weighted by Gasteiger charge is -2.14. The van der Waals surface area contributed by atoms with Gasteiger partial charge in [-0.1, -0.05) is 29.3 Å². The summed E-state index contributed by atoms with van der Waals surface area (Å²) in [6.45, 7) is 3.75. The number of halogens is 2. The molecular formula is C18H16Cl2N2O4S. The zero-order valence-corrected chi connectivity index (χ0v) is 16.7. The molecule has 0 aliphatic heterocycles. The van der Waals surface area contributed by atoms with E-state index in [0.717, 1.165) is 0 Å². The Balaban J connectivity index is 2.15. The third-order valence-electron chi connectivity index (χ3n) is 3.22. The highest BCUT2D eigenvalue weighted by atomic mass is 35.5. The average Bonchev–Trinajstić information content (AvgIpc) is 2.56. The highest BCUT2D eigenvalue weighted by Crippen LogP contribution is 2.30. The standard InChI is InChI=1S/C18H16Cl2N2O4S/c1-9(2)26-12-5-3-4-10(6-12)16(23)22-18(27)21-15-13(17(24)25)7-11(19)8-14(15)20/h3-9H,1-2H3,(H,24,25)(H2,21,22,23,27). The van der Waals surface area contributed by atoms with E-state index in [4.69, 9.17) is 40.2 Å². The van der Waals surface area contributed by atoms with Crippen molar-refractivity contribution in [3.63, 3.8) is 0 Å². The monoisotopic (exact) mass is 426 g/mol. The fourth-order valence-electron chi connectivity index (χ4n) is 2.17. The number of carbonyl (C=O) groups is 2. The number of carbonyl (C=O) groups excluding carboxylic acids is 1. The van der Waals surface area contributed by atoms with Crippen molar-refractivity contribution < 1.29 is 19.4 Å². The number of rotatable bonds is 5. The molecule has 0 aliphatic carbocycles. The Labute approximate surface area is 171 Å². The molecule has 3 N–H and O–H groups in total. The quantitative estimate of drug-likeness (QED) is 0.605. The number of hydrogen-bond donors (Lipinski definition) is 3. The maximum Gasteiger partial charge on any atom is 0.337 e. The van der Waals surface area contributed by atoms with E-state index in [1.165, 1.54) is 12.1 Å². The Morgan fingerprint density at radius 1 is 1.19 bits per heavy atom. The summed E-state index contributed by atoms with van der Waals surface area (Å²) in [4.78, 5) is 23.8. The number of carboxylic acid groups (broad SMARTS) is 1. The van der Waals surface area contributed by atoms with Gasteiger partial charge in [0.2, 0.25) is 0 Å². The predicted molar refractivity (Wildman–Crippen MR) is 109 cm³/mol. The van der Waals surface area contributed by atoms with Crippen LogP contribution in [0.4, 0.5) is 5.69 Å². The van der Waals surface area contributed by atoms with Crippen molar-refractivity contribution in [3.8, 4) is 5.75 Å². The van der Waals surface area contributed by atoms with Crippen molar-refractivity contribution in [1.29, 1.82) is 0 Å².